The standard InChI is InChI=1S/C13H16BrFN4/c1-9(2)7-19-13(17-8-18-19)6-16-10-3-4-11(14)12(15)5-10/h3-5,8-9,16H,6-7H2,1-2H3. The number of hydrogen-bond donors (Lipinski definition) is 1. The average Bonchev–Trinajstić information content (AvgIpc) is 2.77. The molecule has 0 fully saturated rings. The third-order valence-corrected chi connectivity index (χ3v) is 3.25. The Bertz CT molecular complexity index is 553. The average molecular weight is 327 g/mol. The van der Waals surface area contributed by atoms with Crippen LogP contribution in [0.4, 0.5) is 10.1 Å². The summed E-state index contributed by atoms with van der Waals surface area (Å²) < 4.78 is 15.7. The van der Waals surface area contributed by atoms with Gasteiger partial charge in [-0.15, -0.1) is 0 Å². The minimum atomic E-state index is -0.284. The van der Waals surface area contributed by atoms with Crippen molar-refractivity contribution in [3.8, 4) is 0 Å². The van der Waals surface area contributed by atoms with E-state index in [4.69, 9.17) is 0 Å². The van der Waals surface area contributed by atoms with E-state index in [1.807, 2.05) is 10.7 Å². The van der Waals surface area contributed by atoms with E-state index in [9.17, 15) is 4.39 Å². The second-order valence-corrected chi connectivity index (χ2v) is 5.59. The fourth-order valence-corrected chi connectivity index (χ4v) is 1.96. The minimum Gasteiger partial charge on any atom is -0.378 e. The lowest BCUT2D eigenvalue weighted by molar-refractivity contribution is 0.468. The summed E-state index contributed by atoms with van der Waals surface area (Å²) in [6, 6.07) is 4.94. The van der Waals surface area contributed by atoms with Crippen LogP contribution in [-0.2, 0) is 13.1 Å². The van der Waals surface area contributed by atoms with Gasteiger partial charge in [-0.25, -0.2) is 14.1 Å². The Labute approximate surface area is 120 Å². The van der Waals surface area contributed by atoms with E-state index < -0.39 is 0 Å². The van der Waals surface area contributed by atoms with Gasteiger partial charge in [0.15, 0.2) is 0 Å². The summed E-state index contributed by atoms with van der Waals surface area (Å²) >= 11 is 3.13. The van der Waals surface area contributed by atoms with Gasteiger partial charge in [0.25, 0.3) is 0 Å². The van der Waals surface area contributed by atoms with Crippen LogP contribution in [0.5, 0.6) is 0 Å². The highest BCUT2D eigenvalue weighted by atomic mass is 79.9. The summed E-state index contributed by atoms with van der Waals surface area (Å²) in [5, 5.41) is 7.33. The van der Waals surface area contributed by atoms with E-state index in [0.29, 0.717) is 16.9 Å². The van der Waals surface area contributed by atoms with Gasteiger partial charge in [-0.2, -0.15) is 5.10 Å². The molecule has 4 nitrogen and oxygen atoms in total. The Kier molecular flexibility index (Phi) is 4.52. The van der Waals surface area contributed by atoms with Crippen LogP contribution in [0.25, 0.3) is 0 Å². The number of benzene rings is 1. The predicted octanol–water partition coefficient (Wildman–Crippen LogP) is 3.45. The quantitative estimate of drug-likeness (QED) is 0.915. The first-order valence-corrected chi connectivity index (χ1v) is 6.91. The molecule has 19 heavy (non-hydrogen) atoms. The molecule has 102 valence electrons. The van der Waals surface area contributed by atoms with Crippen LogP contribution >= 0.6 is 15.9 Å². The third kappa shape index (κ3) is 3.76. The van der Waals surface area contributed by atoms with Gasteiger partial charge < -0.3 is 5.32 Å². The van der Waals surface area contributed by atoms with Crippen molar-refractivity contribution in [2.75, 3.05) is 5.32 Å². The number of halogens is 2. The summed E-state index contributed by atoms with van der Waals surface area (Å²) in [6.07, 6.45) is 1.54. The molecule has 0 aliphatic carbocycles. The molecule has 0 saturated carbocycles. The Morgan fingerprint density at radius 2 is 2.21 bits per heavy atom. The van der Waals surface area contributed by atoms with Gasteiger partial charge >= 0.3 is 0 Å². The number of aromatic nitrogens is 3. The number of nitrogens with zero attached hydrogens (tertiary/aromatic N) is 3. The highest BCUT2D eigenvalue weighted by molar-refractivity contribution is 9.10. The van der Waals surface area contributed by atoms with Crippen molar-refractivity contribution in [3.63, 3.8) is 0 Å². The molecule has 1 aromatic heterocycles. The van der Waals surface area contributed by atoms with Gasteiger partial charge in [-0.1, -0.05) is 13.8 Å². The van der Waals surface area contributed by atoms with E-state index in [1.54, 1.807) is 12.4 Å². The first-order chi connectivity index (χ1) is 9.06. The molecule has 0 atom stereocenters. The fraction of sp³-hybridized carbons (Fsp3) is 0.385. The predicted molar refractivity (Wildman–Crippen MR) is 76.3 cm³/mol. The molecular formula is C13H16BrFN4. The van der Waals surface area contributed by atoms with E-state index in [1.165, 1.54) is 6.07 Å². The monoisotopic (exact) mass is 326 g/mol. The van der Waals surface area contributed by atoms with Crippen molar-refractivity contribution in [2.24, 2.45) is 5.92 Å². The maximum Gasteiger partial charge on any atom is 0.146 e. The second-order valence-electron chi connectivity index (χ2n) is 4.73. The van der Waals surface area contributed by atoms with Crippen molar-refractivity contribution >= 4 is 21.6 Å². The zero-order valence-corrected chi connectivity index (χ0v) is 12.5. The Hall–Kier alpha value is -1.43. The second kappa shape index (κ2) is 6.14. The molecule has 2 rings (SSSR count). The van der Waals surface area contributed by atoms with Crippen LogP contribution < -0.4 is 5.32 Å². The van der Waals surface area contributed by atoms with Crippen LogP contribution in [-0.4, -0.2) is 14.8 Å². The zero-order chi connectivity index (χ0) is 13.8. The van der Waals surface area contributed by atoms with Gasteiger partial charge in [-0.05, 0) is 40.0 Å². The summed E-state index contributed by atoms with van der Waals surface area (Å²) in [5.74, 6) is 1.07. The molecule has 2 aromatic rings. The van der Waals surface area contributed by atoms with Crippen molar-refractivity contribution in [1.82, 2.24) is 14.8 Å². The molecule has 0 bridgehead atoms. The van der Waals surface area contributed by atoms with Gasteiger partial charge in [-0.3, -0.25) is 0 Å². The lowest BCUT2D eigenvalue weighted by Gasteiger charge is -2.10. The molecule has 0 spiro atoms. The fourth-order valence-electron chi connectivity index (χ4n) is 1.71. The molecule has 0 amide bonds. The largest absolute Gasteiger partial charge is 0.378 e. The lowest BCUT2D eigenvalue weighted by Crippen LogP contribution is -2.13. The zero-order valence-electron chi connectivity index (χ0n) is 10.9. The molecule has 0 aliphatic heterocycles. The van der Waals surface area contributed by atoms with Gasteiger partial charge in [0.05, 0.1) is 11.0 Å². The van der Waals surface area contributed by atoms with Crippen molar-refractivity contribution in [1.29, 1.82) is 0 Å². The normalized spacial score (nSPS) is 11.0. The SMILES string of the molecule is CC(C)Cn1ncnc1CNc1ccc(Br)c(F)c1. The smallest absolute Gasteiger partial charge is 0.146 e. The number of rotatable bonds is 5. The molecular weight excluding hydrogens is 311 g/mol. The first kappa shape index (κ1) is 14.0. The first-order valence-electron chi connectivity index (χ1n) is 6.12. The van der Waals surface area contributed by atoms with Crippen LogP contribution in [0.3, 0.4) is 0 Å². The maximum atomic E-state index is 13.4. The summed E-state index contributed by atoms with van der Waals surface area (Å²) in [4.78, 5) is 4.21. The van der Waals surface area contributed by atoms with E-state index >= 15 is 0 Å². The van der Waals surface area contributed by atoms with Gasteiger partial charge in [0.1, 0.15) is 18.0 Å². The van der Waals surface area contributed by atoms with Crippen LogP contribution in [0.2, 0.25) is 0 Å². The van der Waals surface area contributed by atoms with E-state index in [-0.39, 0.29) is 5.82 Å². The molecule has 1 heterocycles. The molecule has 1 N–H and O–H groups in total. The highest BCUT2D eigenvalue weighted by Crippen LogP contribution is 2.19. The van der Waals surface area contributed by atoms with Crippen LogP contribution in [0, 0.1) is 11.7 Å². The highest BCUT2D eigenvalue weighted by Gasteiger charge is 2.06. The number of anilines is 1. The third-order valence-electron chi connectivity index (χ3n) is 2.60. The van der Waals surface area contributed by atoms with Gasteiger partial charge in [0.2, 0.25) is 0 Å². The maximum absolute atomic E-state index is 13.4. The topological polar surface area (TPSA) is 42.7 Å². The molecule has 0 saturated heterocycles. The van der Waals surface area contributed by atoms with Crippen molar-refractivity contribution in [3.05, 3.63) is 40.6 Å². The number of nitrogens with one attached hydrogen (secondary N) is 1. The molecule has 6 heteroatoms. The van der Waals surface area contributed by atoms with E-state index in [0.717, 1.165) is 18.1 Å². The molecule has 0 unspecified atom stereocenters. The summed E-state index contributed by atoms with van der Waals surface area (Å²) in [7, 11) is 0. The lowest BCUT2D eigenvalue weighted by atomic mass is 10.2. The summed E-state index contributed by atoms with van der Waals surface area (Å²) in [6.45, 7) is 5.60. The molecule has 1 aromatic carbocycles. The number of hydrogen-bond acceptors (Lipinski definition) is 3. The van der Waals surface area contributed by atoms with Crippen molar-refractivity contribution in [2.45, 2.75) is 26.9 Å². The Balaban J connectivity index is 2.02. The minimum absolute atomic E-state index is 0.284. The van der Waals surface area contributed by atoms with Crippen molar-refractivity contribution < 1.29 is 4.39 Å². The van der Waals surface area contributed by atoms with Crippen LogP contribution in [0.1, 0.15) is 19.7 Å². The van der Waals surface area contributed by atoms with E-state index in [2.05, 4.69) is 45.2 Å². The summed E-state index contributed by atoms with van der Waals surface area (Å²) in [5.41, 5.74) is 0.722. The van der Waals surface area contributed by atoms with Gasteiger partial charge in [0, 0.05) is 12.2 Å². The molecule has 0 radical (unpaired) electrons. The Morgan fingerprint density at radius 3 is 2.89 bits per heavy atom. The van der Waals surface area contributed by atoms with Crippen LogP contribution in [0.15, 0.2) is 29.0 Å². The Morgan fingerprint density at radius 1 is 1.42 bits per heavy atom. The molecule has 0 aliphatic rings.